The average molecular weight is 457 g/mol. The topological polar surface area (TPSA) is 109 Å². The molecule has 10 heteroatoms. The third-order valence-corrected chi connectivity index (χ3v) is 6.06. The molecule has 4 rings (SSSR count). The predicted octanol–water partition coefficient (Wildman–Crippen LogP) is 2.87. The summed E-state index contributed by atoms with van der Waals surface area (Å²) in [5, 5.41) is 8.50. The molecule has 1 amide bonds. The van der Waals surface area contributed by atoms with E-state index in [9.17, 15) is 9.59 Å². The van der Waals surface area contributed by atoms with Crippen molar-refractivity contribution in [2.24, 2.45) is 0 Å². The zero-order valence-electron chi connectivity index (χ0n) is 18.4. The Balaban J connectivity index is 0.000000523. The normalized spacial score (nSPS) is 16.2. The summed E-state index contributed by atoms with van der Waals surface area (Å²) in [6.45, 7) is 6.15. The number of nitrogens with zero attached hydrogens (tertiary/aromatic N) is 4. The van der Waals surface area contributed by atoms with Crippen LogP contribution in [0.3, 0.4) is 0 Å². The number of ether oxygens (including phenoxy) is 1. The first-order chi connectivity index (χ1) is 15.6. The van der Waals surface area contributed by atoms with E-state index in [1.54, 1.807) is 13.1 Å². The maximum absolute atomic E-state index is 13.1. The minimum Gasteiger partial charge on any atom is -0.468 e. The van der Waals surface area contributed by atoms with Crippen molar-refractivity contribution in [2.75, 3.05) is 32.1 Å². The molecule has 1 aliphatic rings. The van der Waals surface area contributed by atoms with Gasteiger partial charge in [-0.2, -0.15) is 0 Å². The molecule has 32 heavy (non-hydrogen) atoms. The second kappa shape index (κ2) is 11.5. The number of likely N-dealkylation sites (N-methyl/N-ethyl adjacent to an activating group) is 1. The average Bonchev–Trinajstić information content (AvgIpc) is 3.49. The Morgan fingerprint density at radius 3 is 2.88 bits per heavy atom. The second-order valence-corrected chi connectivity index (χ2v) is 8.18. The van der Waals surface area contributed by atoms with Gasteiger partial charge in [0.2, 0.25) is 5.95 Å². The summed E-state index contributed by atoms with van der Waals surface area (Å²) in [5.74, 6) is 0.435. The molecule has 1 fully saturated rings. The summed E-state index contributed by atoms with van der Waals surface area (Å²) < 4.78 is 4.99. The van der Waals surface area contributed by atoms with Gasteiger partial charge in [-0.25, -0.2) is 9.97 Å². The second-order valence-electron chi connectivity index (χ2n) is 7.26. The van der Waals surface area contributed by atoms with Gasteiger partial charge in [-0.15, -0.1) is 11.3 Å². The molecule has 170 valence electrons. The molecule has 9 nitrogen and oxygen atoms in total. The van der Waals surface area contributed by atoms with Crippen molar-refractivity contribution in [2.45, 2.75) is 32.4 Å². The Bertz CT molecular complexity index is 1030. The minimum atomic E-state index is -0.0281. The van der Waals surface area contributed by atoms with E-state index < -0.39 is 0 Å². The number of carbonyl (C=O) groups is 2. The van der Waals surface area contributed by atoms with Crippen LogP contribution in [-0.4, -0.2) is 65.0 Å². The van der Waals surface area contributed by atoms with Crippen molar-refractivity contribution >= 4 is 39.9 Å². The first kappa shape index (κ1) is 23.6. The number of hydrogen-bond acceptors (Lipinski definition) is 9. The van der Waals surface area contributed by atoms with Gasteiger partial charge in [-0.3, -0.25) is 14.6 Å². The van der Waals surface area contributed by atoms with E-state index in [-0.39, 0.29) is 11.9 Å². The lowest BCUT2D eigenvalue weighted by Crippen LogP contribution is -2.34. The molecule has 1 saturated heterocycles. The SMILES string of the molecule is CCOC=O.CNC1CCN(C(=O)c2nc(N[C@@H](C)c3cccnc3)nc3ccsc23)C1. The fraction of sp³-hybridized carbons (Fsp3) is 0.409. The Kier molecular flexibility index (Phi) is 8.46. The lowest BCUT2D eigenvalue weighted by atomic mass is 10.1. The molecule has 2 N–H and O–H groups in total. The zero-order valence-corrected chi connectivity index (χ0v) is 19.3. The van der Waals surface area contributed by atoms with Crippen LogP contribution in [-0.2, 0) is 9.53 Å². The number of hydrogen-bond donors (Lipinski definition) is 2. The van der Waals surface area contributed by atoms with Gasteiger partial charge in [0.05, 0.1) is 22.9 Å². The number of carbonyl (C=O) groups excluding carboxylic acids is 2. The molecule has 3 aromatic heterocycles. The summed E-state index contributed by atoms with van der Waals surface area (Å²) in [6, 6.07) is 6.16. The number of aromatic nitrogens is 3. The number of likely N-dealkylation sites (tertiary alicyclic amines) is 1. The maximum Gasteiger partial charge on any atom is 0.293 e. The number of nitrogens with one attached hydrogen (secondary N) is 2. The first-order valence-electron chi connectivity index (χ1n) is 10.5. The van der Waals surface area contributed by atoms with Gasteiger partial charge in [0, 0.05) is 31.5 Å². The van der Waals surface area contributed by atoms with Crippen molar-refractivity contribution < 1.29 is 14.3 Å². The van der Waals surface area contributed by atoms with Gasteiger partial charge in [0.1, 0.15) is 0 Å². The van der Waals surface area contributed by atoms with E-state index in [1.165, 1.54) is 11.3 Å². The lowest BCUT2D eigenvalue weighted by Gasteiger charge is -2.18. The van der Waals surface area contributed by atoms with E-state index >= 15 is 0 Å². The maximum atomic E-state index is 13.1. The van der Waals surface area contributed by atoms with Crippen molar-refractivity contribution in [3.05, 3.63) is 47.2 Å². The van der Waals surface area contributed by atoms with Gasteiger partial charge < -0.3 is 20.3 Å². The molecular weight excluding hydrogens is 428 g/mol. The van der Waals surface area contributed by atoms with Crippen molar-refractivity contribution in [1.82, 2.24) is 25.2 Å². The Hall–Kier alpha value is -3.11. The molecule has 0 saturated carbocycles. The highest BCUT2D eigenvalue weighted by Gasteiger charge is 2.28. The standard InChI is InChI=1S/C19H22N6OS.C3H6O2/c1-12(13-4-3-7-21-10-13)22-19-23-15-6-9-27-17(15)16(24-19)18(26)25-8-5-14(11-25)20-2;1-2-5-3-4/h3-4,6-7,9-10,12,14,20H,5,8,11H2,1-2H3,(H,22,23,24);3H,2H2,1H3/t12-,14?;/m0./s1. The molecule has 1 aliphatic heterocycles. The van der Waals surface area contributed by atoms with Crippen LogP contribution in [0.4, 0.5) is 5.95 Å². The highest BCUT2D eigenvalue weighted by Crippen LogP contribution is 2.27. The van der Waals surface area contributed by atoms with Crippen LogP contribution < -0.4 is 10.6 Å². The molecule has 2 atom stereocenters. The van der Waals surface area contributed by atoms with Gasteiger partial charge >= 0.3 is 0 Å². The summed E-state index contributed by atoms with van der Waals surface area (Å²) in [6.07, 6.45) is 4.52. The van der Waals surface area contributed by atoms with Crippen LogP contribution in [0.5, 0.6) is 0 Å². The molecule has 1 unspecified atom stereocenters. The summed E-state index contributed by atoms with van der Waals surface area (Å²) in [5.41, 5.74) is 2.31. The smallest absolute Gasteiger partial charge is 0.293 e. The summed E-state index contributed by atoms with van der Waals surface area (Å²) in [4.78, 5) is 37.5. The Labute approximate surface area is 191 Å². The van der Waals surface area contributed by atoms with Crippen LogP contribution in [0.15, 0.2) is 36.0 Å². The highest BCUT2D eigenvalue weighted by molar-refractivity contribution is 7.17. The van der Waals surface area contributed by atoms with E-state index in [0.29, 0.717) is 37.3 Å². The molecular formula is C22H28N6O3S. The van der Waals surface area contributed by atoms with Gasteiger partial charge in [-0.05, 0) is 50.4 Å². The highest BCUT2D eigenvalue weighted by atomic mass is 32.1. The summed E-state index contributed by atoms with van der Waals surface area (Å²) >= 11 is 1.51. The third kappa shape index (κ3) is 5.77. The zero-order chi connectivity index (χ0) is 22.9. The fourth-order valence-electron chi connectivity index (χ4n) is 3.38. The first-order valence-corrected chi connectivity index (χ1v) is 11.4. The predicted molar refractivity (Wildman–Crippen MR) is 125 cm³/mol. The number of thiophene rings is 1. The van der Waals surface area contributed by atoms with Crippen LogP contribution in [0.2, 0.25) is 0 Å². The Morgan fingerprint density at radius 1 is 1.41 bits per heavy atom. The largest absolute Gasteiger partial charge is 0.468 e. The number of amides is 1. The number of anilines is 1. The molecule has 0 aromatic carbocycles. The number of rotatable bonds is 7. The monoisotopic (exact) mass is 456 g/mol. The molecule has 3 aromatic rings. The molecule has 4 heterocycles. The van der Waals surface area contributed by atoms with Gasteiger partial charge in [0.15, 0.2) is 5.69 Å². The van der Waals surface area contributed by atoms with Crippen LogP contribution >= 0.6 is 11.3 Å². The molecule has 0 aliphatic carbocycles. The van der Waals surface area contributed by atoms with Crippen LogP contribution in [0, 0.1) is 0 Å². The number of fused-ring (bicyclic) bond motifs is 1. The molecule has 0 bridgehead atoms. The third-order valence-electron chi connectivity index (χ3n) is 5.15. The summed E-state index contributed by atoms with van der Waals surface area (Å²) in [7, 11) is 1.93. The van der Waals surface area contributed by atoms with Crippen LogP contribution in [0.1, 0.15) is 42.4 Å². The fourth-order valence-corrected chi connectivity index (χ4v) is 4.19. The molecule has 0 spiro atoms. The molecule has 0 radical (unpaired) electrons. The minimum absolute atomic E-state index is 0.0156. The quantitative estimate of drug-likeness (QED) is 0.523. The van der Waals surface area contributed by atoms with E-state index in [0.717, 1.165) is 28.7 Å². The van der Waals surface area contributed by atoms with Crippen molar-refractivity contribution in [1.29, 1.82) is 0 Å². The van der Waals surface area contributed by atoms with E-state index in [4.69, 9.17) is 0 Å². The van der Waals surface area contributed by atoms with Crippen molar-refractivity contribution in [3.8, 4) is 0 Å². The van der Waals surface area contributed by atoms with Gasteiger partial charge in [-0.1, -0.05) is 6.07 Å². The van der Waals surface area contributed by atoms with Crippen molar-refractivity contribution in [3.63, 3.8) is 0 Å². The van der Waals surface area contributed by atoms with Crippen LogP contribution in [0.25, 0.3) is 10.2 Å². The van der Waals surface area contributed by atoms with Gasteiger partial charge in [0.25, 0.3) is 12.4 Å². The number of pyridine rings is 1. The Morgan fingerprint density at radius 2 is 2.25 bits per heavy atom. The lowest BCUT2D eigenvalue weighted by molar-refractivity contribution is -0.128. The van der Waals surface area contributed by atoms with E-state index in [2.05, 4.69) is 30.3 Å². The van der Waals surface area contributed by atoms with E-state index in [1.807, 2.05) is 48.6 Å².